The third-order valence-corrected chi connectivity index (χ3v) is 3.06. The lowest BCUT2D eigenvalue weighted by Gasteiger charge is -2.11. The summed E-state index contributed by atoms with van der Waals surface area (Å²) in [4.78, 5) is 4.15. The lowest BCUT2D eigenvalue weighted by atomic mass is 10.2. The van der Waals surface area contributed by atoms with Crippen LogP contribution in [0.5, 0.6) is 0 Å². The number of nitrogens with zero attached hydrogens (tertiary/aromatic N) is 2. The molecule has 3 N–H and O–H groups in total. The SMILES string of the molecule is Cc1ccc(Br)cc1Nc1nccc(C#N)c1N. The van der Waals surface area contributed by atoms with Gasteiger partial charge in [0.2, 0.25) is 0 Å². The molecule has 0 unspecified atom stereocenters. The molecule has 0 aliphatic heterocycles. The minimum atomic E-state index is 0.361. The number of nitrogens with two attached hydrogens (primary N) is 1. The van der Waals surface area contributed by atoms with Gasteiger partial charge in [-0.2, -0.15) is 5.26 Å². The van der Waals surface area contributed by atoms with Crippen LogP contribution in [-0.4, -0.2) is 4.98 Å². The minimum Gasteiger partial charge on any atom is -0.395 e. The summed E-state index contributed by atoms with van der Waals surface area (Å²) in [6.45, 7) is 1.99. The summed E-state index contributed by atoms with van der Waals surface area (Å²) < 4.78 is 0.964. The largest absolute Gasteiger partial charge is 0.395 e. The number of pyridine rings is 1. The van der Waals surface area contributed by atoms with Crippen molar-refractivity contribution in [2.45, 2.75) is 6.92 Å². The Morgan fingerprint density at radius 2 is 2.17 bits per heavy atom. The molecule has 18 heavy (non-hydrogen) atoms. The molecule has 2 rings (SSSR count). The monoisotopic (exact) mass is 302 g/mol. The van der Waals surface area contributed by atoms with E-state index in [2.05, 4.69) is 26.2 Å². The molecule has 1 aromatic carbocycles. The standard InChI is InChI=1S/C13H11BrN4/c1-8-2-3-10(14)6-11(8)18-13-12(16)9(7-15)4-5-17-13/h2-6H,16H2,1H3,(H,17,18). The average Bonchev–Trinajstić information content (AvgIpc) is 2.36. The van der Waals surface area contributed by atoms with Gasteiger partial charge in [-0.25, -0.2) is 4.98 Å². The van der Waals surface area contributed by atoms with Gasteiger partial charge in [-0.15, -0.1) is 0 Å². The lowest BCUT2D eigenvalue weighted by Crippen LogP contribution is -2.02. The van der Waals surface area contributed by atoms with Crippen molar-refractivity contribution >= 4 is 33.1 Å². The third kappa shape index (κ3) is 2.44. The van der Waals surface area contributed by atoms with E-state index in [1.807, 2.05) is 31.2 Å². The quantitative estimate of drug-likeness (QED) is 0.892. The van der Waals surface area contributed by atoms with Crippen LogP contribution in [-0.2, 0) is 0 Å². The van der Waals surface area contributed by atoms with Gasteiger partial charge in [0.05, 0.1) is 11.3 Å². The second kappa shape index (κ2) is 5.07. The Hall–Kier alpha value is -2.06. The summed E-state index contributed by atoms with van der Waals surface area (Å²) >= 11 is 3.41. The van der Waals surface area contributed by atoms with E-state index in [1.54, 1.807) is 12.3 Å². The second-order valence-electron chi connectivity index (χ2n) is 3.82. The molecule has 0 amide bonds. The van der Waals surface area contributed by atoms with E-state index in [0.29, 0.717) is 17.1 Å². The Morgan fingerprint density at radius 3 is 2.89 bits per heavy atom. The second-order valence-corrected chi connectivity index (χ2v) is 4.73. The average molecular weight is 303 g/mol. The molecule has 0 aliphatic rings. The first-order valence-electron chi connectivity index (χ1n) is 5.29. The fourth-order valence-corrected chi connectivity index (χ4v) is 1.89. The molecule has 0 aliphatic carbocycles. The number of rotatable bonds is 2. The molecule has 0 saturated heterocycles. The zero-order valence-corrected chi connectivity index (χ0v) is 11.3. The van der Waals surface area contributed by atoms with E-state index in [-0.39, 0.29) is 0 Å². The van der Waals surface area contributed by atoms with Crippen LogP contribution in [0.4, 0.5) is 17.2 Å². The molecule has 1 aromatic heterocycles. The van der Waals surface area contributed by atoms with Gasteiger partial charge < -0.3 is 11.1 Å². The number of hydrogen-bond acceptors (Lipinski definition) is 4. The molecule has 1 heterocycles. The highest BCUT2D eigenvalue weighted by Crippen LogP contribution is 2.27. The van der Waals surface area contributed by atoms with Crippen LogP contribution < -0.4 is 11.1 Å². The number of aromatic nitrogens is 1. The number of aryl methyl sites for hydroxylation is 1. The molecular weight excluding hydrogens is 292 g/mol. The fraction of sp³-hybridized carbons (Fsp3) is 0.0769. The van der Waals surface area contributed by atoms with Gasteiger partial charge in [0.1, 0.15) is 6.07 Å². The van der Waals surface area contributed by atoms with E-state index in [1.165, 1.54) is 0 Å². The Kier molecular flexibility index (Phi) is 3.49. The Bertz CT molecular complexity index is 631. The predicted molar refractivity (Wildman–Crippen MR) is 75.5 cm³/mol. The highest BCUT2D eigenvalue weighted by atomic mass is 79.9. The van der Waals surface area contributed by atoms with E-state index in [9.17, 15) is 0 Å². The number of benzene rings is 1. The Balaban J connectivity index is 2.41. The zero-order chi connectivity index (χ0) is 13.1. The highest BCUT2D eigenvalue weighted by Gasteiger charge is 2.07. The molecule has 0 bridgehead atoms. The summed E-state index contributed by atoms with van der Waals surface area (Å²) in [6, 6.07) is 9.51. The molecule has 90 valence electrons. The number of nitriles is 1. The van der Waals surface area contributed by atoms with Gasteiger partial charge in [0.25, 0.3) is 0 Å². The molecule has 0 saturated carbocycles. The van der Waals surface area contributed by atoms with Crippen molar-refractivity contribution < 1.29 is 0 Å². The van der Waals surface area contributed by atoms with Crippen molar-refractivity contribution in [3.63, 3.8) is 0 Å². The molecule has 0 spiro atoms. The number of halogens is 1. The fourth-order valence-electron chi connectivity index (χ4n) is 1.53. The van der Waals surface area contributed by atoms with Crippen molar-refractivity contribution in [1.29, 1.82) is 5.26 Å². The van der Waals surface area contributed by atoms with Gasteiger partial charge >= 0.3 is 0 Å². The molecule has 2 aromatic rings. The third-order valence-electron chi connectivity index (χ3n) is 2.56. The number of anilines is 3. The maximum absolute atomic E-state index is 8.91. The molecule has 4 nitrogen and oxygen atoms in total. The van der Waals surface area contributed by atoms with E-state index < -0.39 is 0 Å². The van der Waals surface area contributed by atoms with Gasteiger partial charge in [0, 0.05) is 16.4 Å². The highest BCUT2D eigenvalue weighted by molar-refractivity contribution is 9.10. The van der Waals surface area contributed by atoms with Gasteiger partial charge in [-0.3, -0.25) is 0 Å². The van der Waals surface area contributed by atoms with Crippen molar-refractivity contribution in [2.75, 3.05) is 11.1 Å². The Labute approximate surface area is 114 Å². The topological polar surface area (TPSA) is 74.7 Å². The van der Waals surface area contributed by atoms with Crippen LogP contribution in [0.3, 0.4) is 0 Å². The van der Waals surface area contributed by atoms with Gasteiger partial charge in [-0.1, -0.05) is 22.0 Å². The first kappa shape index (κ1) is 12.4. The van der Waals surface area contributed by atoms with Gasteiger partial charge in [0.15, 0.2) is 5.82 Å². The predicted octanol–water partition coefficient (Wildman–Crippen LogP) is 3.35. The van der Waals surface area contributed by atoms with Crippen LogP contribution in [0.1, 0.15) is 11.1 Å². The van der Waals surface area contributed by atoms with Crippen LogP contribution >= 0.6 is 15.9 Å². The zero-order valence-electron chi connectivity index (χ0n) is 9.74. The van der Waals surface area contributed by atoms with Crippen molar-refractivity contribution in [2.24, 2.45) is 0 Å². The minimum absolute atomic E-state index is 0.361. The van der Waals surface area contributed by atoms with Crippen molar-refractivity contribution in [3.05, 3.63) is 46.1 Å². The molecule has 0 atom stereocenters. The Morgan fingerprint density at radius 1 is 1.39 bits per heavy atom. The smallest absolute Gasteiger partial charge is 0.154 e. The van der Waals surface area contributed by atoms with Crippen LogP contribution in [0, 0.1) is 18.3 Å². The molecule has 5 heteroatoms. The summed E-state index contributed by atoms with van der Waals surface area (Å²) in [5, 5.41) is 12.1. The summed E-state index contributed by atoms with van der Waals surface area (Å²) in [6.07, 6.45) is 1.56. The first-order chi connectivity index (χ1) is 8.61. The maximum Gasteiger partial charge on any atom is 0.154 e. The first-order valence-corrected chi connectivity index (χ1v) is 6.09. The summed E-state index contributed by atoms with van der Waals surface area (Å²) in [5.41, 5.74) is 8.62. The lowest BCUT2D eigenvalue weighted by molar-refractivity contribution is 1.28. The van der Waals surface area contributed by atoms with E-state index in [0.717, 1.165) is 15.7 Å². The summed E-state index contributed by atoms with van der Waals surface area (Å²) in [5.74, 6) is 0.496. The molecule has 0 fully saturated rings. The number of nitrogens with one attached hydrogen (secondary N) is 1. The van der Waals surface area contributed by atoms with Crippen LogP contribution in [0.2, 0.25) is 0 Å². The van der Waals surface area contributed by atoms with E-state index in [4.69, 9.17) is 11.0 Å². The van der Waals surface area contributed by atoms with E-state index >= 15 is 0 Å². The van der Waals surface area contributed by atoms with Crippen LogP contribution in [0.15, 0.2) is 34.9 Å². The molecular formula is C13H11BrN4. The molecule has 0 radical (unpaired) electrons. The van der Waals surface area contributed by atoms with Crippen LogP contribution in [0.25, 0.3) is 0 Å². The number of nitrogen functional groups attached to an aromatic ring is 1. The summed E-state index contributed by atoms with van der Waals surface area (Å²) in [7, 11) is 0. The number of hydrogen-bond donors (Lipinski definition) is 2. The van der Waals surface area contributed by atoms with Gasteiger partial charge in [-0.05, 0) is 30.7 Å². The normalized spacial score (nSPS) is 9.83. The van der Waals surface area contributed by atoms with Crippen molar-refractivity contribution in [1.82, 2.24) is 4.98 Å². The van der Waals surface area contributed by atoms with Crippen molar-refractivity contribution in [3.8, 4) is 6.07 Å². The maximum atomic E-state index is 8.91.